The molecule has 4 aromatic rings. The SMILES string of the molecule is O=C(Nc1ccc(C2CCCCC2)cc1)c1cc2sccc2n1Cc1ccc(F)cc1. The number of amides is 1. The van der Waals surface area contributed by atoms with E-state index in [9.17, 15) is 9.18 Å². The van der Waals surface area contributed by atoms with Crippen molar-refractivity contribution in [2.45, 2.75) is 44.6 Å². The fourth-order valence-corrected chi connectivity index (χ4v) is 5.40. The van der Waals surface area contributed by atoms with Crippen molar-refractivity contribution in [3.63, 3.8) is 0 Å². The maximum atomic E-state index is 13.3. The highest BCUT2D eigenvalue weighted by Crippen LogP contribution is 2.33. The van der Waals surface area contributed by atoms with Gasteiger partial charge in [-0.15, -0.1) is 11.3 Å². The third kappa shape index (κ3) is 4.28. The lowest BCUT2D eigenvalue weighted by atomic mass is 9.84. The molecule has 5 heteroatoms. The zero-order valence-electron chi connectivity index (χ0n) is 17.3. The fraction of sp³-hybridized carbons (Fsp3) is 0.269. The lowest BCUT2D eigenvalue weighted by Gasteiger charge is -2.22. The topological polar surface area (TPSA) is 34.0 Å². The molecule has 0 spiro atoms. The number of halogens is 1. The Morgan fingerprint density at radius 2 is 1.74 bits per heavy atom. The maximum absolute atomic E-state index is 13.3. The molecule has 1 amide bonds. The van der Waals surface area contributed by atoms with Crippen LogP contribution in [0.5, 0.6) is 0 Å². The number of hydrogen-bond acceptors (Lipinski definition) is 2. The van der Waals surface area contributed by atoms with Gasteiger partial charge in [-0.2, -0.15) is 0 Å². The summed E-state index contributed by atoms with van der Waals surface area (Å²) < 4.78 is 16.4. The van der Waals surface area contributed by atoms with Crippen molar-refractivity contribution < 1.29 is 9.18 Å². The predicted octanol–water partition coefficient (Wildman–Crippen LogP) is 7.19. The minimum absolute atomic E-state index is 0.129. The van der Waals surface area contributed by atoms with E-state index in [0.717, 1.165) is 21.5 Å². The zero-order valence-corrected chi connectivity index (χ0v) is 18.1. The Balaban J connectivity index is 1.37. The third-order valence-electron chi connectivity index (χ3n) is 6.25. The summed E-state index contributed by atoms with van der Waals surface area (Å²) in [6.07, 6.45) is 6.50. The normalized spacial score (nSPS) is 14.7. The number of carbonyl (C=O) groups excluding carboxylic acids is 1. The second kappa shape index (κ2) is 8.67. The molecule has 1 aliphatic rings. The Morgan fingerprint density at radius 1 is 1.00 bits per heavy atom. The van der Waals surface area contributed by atoms with Crippen LogP contribution in [0.3, 0.4) is 0 Å². The van der Waals surface area contributed by atoms with Crippen molar-refractivity contribution in [2.24, 2.45) is 0 Å². The number of benzene rings is 2. The van der Waals surface area contributed by atoms with Gasteiger partial charge in [0, 0.05) is 12.2 Å². The van der Waals surface area contributed by atoms with Crippen LogP contribution in [0.25, 0.3) is 10.2 Å². The van der Waals surface area contributed by atoms with Gasteiger partial charge in [-0.1, -0.05) is 43.5 Å². The standard InChI is InChI=1S/C26H25FN2OS/c27-21-10-6-18(7-11-21)17-29-23-14-15-31-25(23)16-24(29)26(30)28-22-12-8-20(9-13-22)19-4-2-1-3-5-19/h6-16,19H,1-5,17H2,(H,28,30). The summed E-state index contributed by atoms with van der Waals surface area (Å²) in [5, 5.41) is 5.08. The first-order valence-corrected chi connectivity index (χ1v) is 11.8. The lowest BCUT2D eigenvalue weighted by Crippen LogP contribution is -2.17. The molecule has 1 N–H and O–H groups in total. The van der Waals surface area contributed by atoms with E-state index in [1.807, 2.05) is 34.2 Å². The largest absolute Gasteiger partial charge is 0.331 e. The van der Waals surface area contributed by atoms with Crippen LogP contribution in [-0.4, -0.2) is 10.5 Å². The van der Waals surface area contributed by atoms with E-state index in [2.05, 4.69) is 17.4 Å². The quantitative estimate of drug-likeness (QED) is 0.356. The molecule has 31 heavy (non-hydrogen) atoms. The van der Waals surface area contributed by atoms with Crippen LogP contribution in [0.2, 0.25) is 0 Å². The van der Waals surface area contributed by atoms with Crippen LogP contribution in [0.4, 0.5) is 10.1 Å². The smallest absolute Gasteiger partial charge is 0.272 e. The molecular formula is C26H25FN2OS. The second-order valence-electron chi connectivity index (χ2n) is 8.32. The molecule has 3 nitrogen and oxygen atoms in total. The molecule has 0 unspecified atom stereocenters. The van der Waals surface area contributed by atoms with E-state index in [-0.39, 0.29) is 11.7 Å². The van der Waals surface area contributed by atoms with Crippen LogP contribution in [-0.2, 0) is 6.54 Å². The van der Waals surface area contributed by atoms with Gasteiger partial charge in [0.1, 0.15) is 11.5 Å². The second-order valence-corrected chi connectivity index (χ2v) is 9.27. The van der Waals surface area contributed by atoms with Crippen LogP contribution >= 0.6 is 11.3 Å². The highest BCUT2D eigenvalue weighted by molar-refractivity contribution is 7.17. The molecular weight excluding hydrogens is 407 g/mol. The molecule has 1 aliphatic carbocycles. The third-order valence-corrected chi connectivity index (χ3v) is 7.11. The molecule has 0 atom stereocenters. The Morgan fingerprint density at radius 3 is 2.48 bits per heavy atom. The number of hydrogen-bond donors (Lipinski definition) is 1. The molecule has 158 valence electrons. The van der Waals surface area contributed by atoms with E-state index in [4.69, 9.17) is 0 Å². The number of carbonyl (C=O) groups is 1. The highest BCUT2D eigenvalue weighted by Gasteiger charge is 2.18. The van der Waals surface area contributed by atoms with E-state index < -0.39 is 0 Å². The first kappa shape index (κ1) is 20.0. The number of thiophene rings is 1. The summed E-state index contributed by atoms with van der Waals surface area (Å²) in [5.74, 6) is 0.265. The molecule has 1 fully saturated rings. The summed E-state index contributed by atoms with van der Waals surface area (Å²) in [6, 6.07) is 18.7. The van der Waals surface area contributed by atoms with Crippen molar-refractivity contribution >= 4 is 33.1 Å². The van der Waals surface area contributed by atoms with Crippen molar-refractivity contribution in [1.82, 2.24) is 4.57 Å². The Hall–Kier alpha value is -2.92. The average molecular weight is 433 g/mol. The first-order chi connectivity index (χ1) is 15.2. The van der Waals surface area contributed by atoms with E-state index in [1.54, 1.807) is 23.5 Å². The number of nitrogens with zero attached hydrogens (tertiary/aromatic N) is 1. The number of anilines is 1. The number of rotatable bonds is 5. The van der Waals surface area contributed by atoms with E-state index in [0.29, 0.717) is 18.2 Å². The van der Waals surface area contributed by atoms with E-state index >= 15 is 0 Å². The van der Waals surface area contributed by atoms with Crippen LogP contribution < -0.4 is 5.32 Å². The fourth-order valence-electron chi connectivity index (χ4n) is 4.58. The van der Waals surface area contributed by atoms with Gasteiger partial charge < -0.3 is 9.88 Å². The van der Waals surface area contributed by atoms with Gasteiger partial charge in [-0.25, -0.2) is 4.39 Å². The number of aromatic nitrogens is 1. The van der Waals surface area contributed by atoms with E-state index in [1.165, 1.54) is 49.8 Å². The Bertz CT molecular complexity index is 1180. The predicted molar refractivity (Wildman–Crippen MR) is 126 cm³/mol. The molecule has 2 aromatic heterocycles. The molecule has 2 heterocycles. The number of fused-ring (bicyclic) bond motifs is 1. The molecule has 0 aliphatic heterocycles. The Labute approximate surface area is 185 Å². The lowest BCUT2D eigenvalue weighted by molar-refractivity contribution is 0.101. The van der Waals surface area contributed by atoms with Crippen LogP contribution in [0.15, 0.2) is 66.0 Å². The zero-order chi connectivity index (χ0) is 21.2. The van der Waals surface area contributed by atoms with Gasteiger partial charge in [0.2, 0.25) is 0 Å². The minimum Gasteiger partial charge on any atom is -0.331 e. The Kier molecular flexibility index (Phi) is 5.60. The van der Waals surface area contributed by atoms with Gasteiger partial charge in [0.15, 0.2) is 0 Å². The van der Waals surface area contributed by atoms with Gasteiger partial charge in [-0.05, 0) is 71.7 Å². The van der Waals surface area contributed by atoms with Gasteiger partial charge >= 0.3 is 0 Å². The molecule has 0 saturated heterocycles. The molecule has 2 aromatic carbocycles. The minimum atomic E-state index is -0.258. The van der Waals surface area contributed by atoms with Gasteiger partial charge in [0.05, 0.1) is 10.2 Å². The molecule has 1 saturated carbocycles. The molecule has 0 bridgehead atoms. The van der Waals surface area contributed by atoms with Crippen molar-refractivity contribution in [3.8, 4) is 0 Å². The summed E-state index contributed by atoms with van der Waals surface area (Å²) >= 11 is 1.62. The molecule has 5 rings (SSSR count). The first-order valence-electron chi connectivity index (χ1n) is 10.9. The summed E-state index contributed by atoms with van der Waals surface area (Å²) in [7, 11) is 0. The average Bonchev–Trinajstić information content (AvgIpc) is 3.39. The van der Waals surface area contributed by atoms with Crippen molar-refractivity contribution in [2.75, 3.05) is 5.32 Å². The summed E-state index contributed by atoms with van der Waals surface area (Å²) in [5.41, 5.74) is 4.77. The van der Waals surface area contributed by atoms with Crippen LogP contribution in [0, 0.1) is 5.82 Å². The van der Waals surface area contributed by atoms with Gasteiger partial charge in [-0.3, -0.25) is 4.79 Å². The maximum Gasteiger partial charge on any atom is 0.272 e. The van der Waals surface area contributed by atoms with Crippen molar-refractivity contribution in [1.29, 1.82) is 0 Å². The summed E-state index contributed by atoms with van der Waals surface area (Å²) in [4.78, 5) is 13.1. The molecule has 0 radical (unpaired) electrons. The van der Waals surface area contributed by atoms with Crippen LogP contribution in [0.1, 0.15) is 59.6 Å². The van der Waals surface area contributed by atoms with Gasteiger partial charge in [0.25, 0.3) is 5.91 Å². The van der Waals surface area contributed by atoms with Crippen molar-refractivity contribution in [3.05, 3.63) is 88.7 Å². The monoisotopic (exact) mass is 432 g/mol. The number of nitrogens with one attached hydrogen (secondary N) is 1. The highest BCUT2D eigenvalue weighted by atomic mass is 32.1. The summed E-state index contributed by atoms with van der Waals surface area (Å²) in [6.45, 7) is 0.518.